The van der Waals surface area contributed by atoms with Gasteiger partial charge in [-0.2, -0.15) is 0 Å². The Kier molecular flexibility index (Phi) is 2.93. The first-order valence-corrected chi connectivity index (χ1v) is 5.06. The molecule has 1 rings (SSSR count). The lowest BCUT2D eigenvalue weighted by atomic mass is 9.89. The van der Waals surface area contributed by atoms with Crippen LogP contribution in [-0.2, 0) is 5.41 Å². The number of halogens is 2. The number of nitrogens with zero attached hydrogens (tertiary/aromatic N) is 2. The van der Waals surface area contributed by atoms with E-state index in [0.29, 0.717) is 5.15 Å². The Hall–Kier alpha value is 0.1000. The number of aromatic nitrogens is 2. The SMILES string of the molecule is CC(C)(C)c1cc(I)nnc1Cl. The van der Waals surface area contributed by atoms with Crippen LogP contribution in [0.25, 0.3) is 0 Å². The fraction of sp³-hybridized carbons (Fsp3) is 0.500. The smallest absolute Gasteiger partial charge is 0.143 e. The molecule has 0 saturated carbocycles. The van der Waals surface area contributed by atoms with Crippen LogP contribution in [0.1, 0.15) is 26.3 Å². The molecule has 0 amide bonds. The highest BCUT2D eigenvalue weighted by atomic mass is 127. The molecule has 0 aliphatic heterocycles. The van der Waals surface area contributed by atoms with Crippen molar-refractivity contribution in [1.82, 2.24) is 10.2 Å². The summed E-state index contributed by atoms with van der Waals surface area (Å²) in [6.45, 7) is 6.31. The van der Waals surface area contributed by atoms with Gasteiger partial charge in [-0.1, -0.05) is 32.4 Å². The highest BCUT2D eigenvalue weighted by Gasteiger charge is 2.18. The maximum absolute atomic E-state index is 5.90. The zero-order chi connectivity index (χ0) is 9.35. The minimum absolute atomic E-state index is 0.0347. The van der Waals surface area contributed by atoms with Crippen LogP contribution in [0.4, 0.5) is 0 Å². The summed E-state index contributed by atoms with van der Waals surface area (Å²) in [5.41, 5.74) is 1.08. The molecule has 0 fully saturated rings. The van der Waals surface area contributed by atoms with E-state index in [1.54, 1.807) is 0 Å². The molecule has 1 aromatic rings. The second kappa shape index (κ2) is 3.46. The largest absolute Gasteiger partial charge is 0.155 e. The quantitative estimate of drug-likeness (QED) is 0.688. The first-order valence-electron chi connectivity index (χ1n) is 3.60. The third-order valence-electron chi connectivity index (χ3n) is 1.53. The average Bonchev–Trinajstić information content (AvgIpc) is 1.92. The van der Waals surface area contributed by atoms with Crippen molar-refractivity contribution in [1.29, 1.82) is 0 Å². The van der Waals surface area contributed by atoms with Crippen LogP contribution in [0.15, 0.2) is 6.07 Å². The predicted molar refractivity (Wildman–Crippen MR) is 58.5 cm³/mol. The van der Waals surface area contributed by atoms with Gasteiger partial charge in [-0.15, -0.1) is 10.2 Å². The van der Waals surface area contributed by atoms with E-state index in [2.05, 4.69) is 53.6 Å². The zero-order valence-electron chi connectivity index (χ0n) is 7.23. The average molecular weight is 297 g/mol. The molecule has 0 saturated heterocycles. The van der Waals surface area contributed by atoms with E-state index in [4.69, 9.17) is 11.6 Å². The maximum atomic E-state index is 5.90. The van der Waals surface area contributed by atoms with Crippen LogP contribution >= 0.6 is 34.2 Å². The molecular weight excluding hydrogens is 286 g/mol. The van der Waals surface area contributed by atoms with Gasteiger partial charge in [0.2, 0.25) is 0 Å². The maximum Gasteiger partial charge on any atom is 0.155 e. The van der Waals surface area contributed by atoms with E-state index < -0.39 is 0 Å². The van der Waals surface area contributed by atoms with Gasteiger partial charge in [0.25, 0.3) is 0 Å². The molecule has 0 atom stereocenters. The van der Waals surface area contributed by atoms with Gasteiger partial charge in [0, 0.05) is 0 Å². The summed E-state index contributed by atoms with van der Waals surface area (Å²) in [6.07, 6.45) is 0. The Labute approximate surface area is 90.9 Å². The van der Waals surface area contributed by atoms with Gasteiger partial charge in [-0.25, -0.2) is 0 Å². The van der Waals surface area contributed by atoms with Crippen molar-refractivity contribution < 1.29 is 0 Å². The third-order valence-corrected chi connectivity index (χ3v) is 2.33. The topological polar surface area (TPSA) is 25.8 Å². The van der Waals surface area contributed by atoms with Gasteiger partial charge in [0.1, 0.15) is 3.70 Å². The molecule has 0 radical (unpaired) electrons. The Bertz CT molecular complexity index is 294. The van der Waals surface area contributed by atoms with E-state index in [1.165, 1.54) is 0 Å². The van der Waals surface area contributed by atoms with Crippen molar-refractivity contribution in [3.8, 4) is 0 Å². The number of hydrogen-bond donors (Lipinski definition) is 0. The summed E-state index contributed by atoms with van der Waals surface area (Å²) in [5.74, 6) is 0. The highest BCUT2D eigenvalue weighted by Crippen LogP contribution is 2.27. The molecule has 0 unspecified atom stereocenters. The first kappa shape index (κ1) is 10.2. The van der Waals surface area contributed by atoms with Gasteiger partial charge >= 0.3 is 0 Å². The van der Waals surface area contributed by atoms with Crippen molar-refractivity contribution in [2.45, 2.75) is 26.2 Å². The lowest BCUT2D eigenvalue weighted by Crippen LogP contribution is -2.13. The van der Waals surface area contributed by atoms with Gasteiger partial charge in [-0.05, 0) is 39.6 Å². The summed E-state index contributed by atoms with van der Waals surface area (Å²) in [6, 6.07) is 1.97. The normalized spacial score (nSPS) is 11.8. The van der Waals surface area contributed by atoms with Gasteiger partial charge in [-0.3, -0.25) is 0 Å². The number of rotatable bonds is 0. The van der Waals surface area contributed by atoms with Crippen LogP contribution in [-0.4, -0.2) is 10.2 Å². The van der Waals surface area contributed by atoms with Crippen molar-refractivity contribution in [3.63, 3.8) is 0 Å². The minimum Gasteiger partial charge on any atom is -0.143 e. The second-order valence-electron chi connectivity index (χ2n) is 3.62. The molecule has 0 aromatic carbocycles. The summed E-state index contributed by atoms with van der Waals surface area (Å²) in [5, 5.41) is 8.21. The molecular formula is C8H10ClIN2. The fourth-order valence-corrected chi connectivity index (χ4v) is 1.67. The summed E-state index contributed by atoms with van der Waals surface area (Å²) in [4.78, 5) is 0. The van der Waals surface area contributed by atoms with Crippen molar-refractivity contribution in [2.24, 2.45) is 0 Å². The van der Waals surface area contributed by atoms with Gasteiger partial charge < -0.3 is 0 Å². The van der Waals surface area contributed by atoms with Gasteiger partial charge in [0.15, 0.2) is 5.15 Å². The zero-order valence-corrected chi connectivity index (χ0v) is 10.1. The predicted octanol–water partition coefficient (Wildman–Crippen LogP) is 3.03. The molecule has 66 valence electrons. The van der Waals surface area contributed by atoms with E-state index in [-0.39, 0.29) is 5.41 Å². The first-order chi connectivity index (χ1) is 5.41. The van der Waals surface area contributed by atoms with Crippen LogP contribution in [0.2, 0.25) is 5.15 Å². The Morgan fingerprint density at radius 2 is 1.92 bits per heavy atom. The molecule has 0 N–H and O–H groups in total. The minimum atomic E-state index is 0.0347. The highest BCUT2D eigenvalue weighted by molar-refractivity contribution is 14.1. The summed E-state index contributed by atoms with van der Waals surface area (Å²) in [7, 11) is 0. The monoisotopic (exact) mass is 296 g/mol. The van der Waals surface area contributed by atoms with Crippen LogP contribution in [0.5, 0.6) is 0 Å². The molecule has 1 aromatic heterocycles. The summed E-state index contributed by atoms with van der Waals surface area (Å²) < 4.78 is 0.877. The Morgan fingerprint density at radius 3 is 2.33 bits per heavy atom. The molecule has 0 bridgehead atoms. The van der Waals surface area contributed by atoms with E-state index in [1.807, 2.05) is 6.07 Å². The Balaban J connectivity index is 3.23. The molecule has 0 spiro atoms. The lowest BCUT2D eigenvalue weighted by Gasteiger charge is -2.19. The van der Waals surface area contributed by atoms with E-state index in [9.17, 15) is 0 Å². The molecule has 0 aliphatic carbocycles. The van der Waals surface area contributed by atoms with Crippen molar-refractivity contribution in [3.05, 3.63) is 20.5 Å². The van der Waals surface area contributed by atoms with E-state index >= 15 is 0 Å². The summed E-state index contributed by atoms with van der Waals surface area (Å²) >= 11 is 8.03. The Morgan fingerprint density at radius 1 is 1.33 bits per heavy atom. The van der Waals surface area contributed by atoms with Crippen LogP contribution in [0, 0.1) is 3.70 Å². The van der Waals surface area contributed by atoms with Crippen molar-refractivity contribution in [2.75, 3.05) is 0 Å². The molecule has 2 nitrogen and oxygen atoms in total. The van der Waals surface area contributed by atoms with Crippen LogP contribution < -0.4 is 0 Å². The third kappa shape index (κ3) is 2.29. The van der Waals surface area contributed by atoms with E-state index in [0.717, 1.165) is 9.26 Å². The second-order valence-corrected chi connectivity index (χ2v) is 5.08. The van der Waals surface area contributed by atoms with Gasteiger partial charge in [0.05, 0.1) is 0 Å². The fourth-order valence-electron chi connectivity index (χ4n) is 0.879. The lowest BCUT2D eigenvalue weighted by molar-refractivity contribution is 0.584. The van der Waals surface area contributed by atoms with Crippen molar-refractivity contribution >= 4 is 34.2 Å². The molecule has 0 aliphatic rings. The molecule has 1 heterocycles. The van der Waals surface area contributed by atoms with Crippen LogP contribution in [0.3, 0.4) is 0 Å². The number of hydrogen-bond acceptors (Lipinski definition) is 2. The molecule has 12 heavy (non-hydrogen) atoms. The standard InChI is InChI=1S/C8H10ClIN2/c1-8(2,3)5-4-6(10)11-12-7(5)9/h4H,1-3H3. The molecule has 4 heteroatoms.